The molecule has 1 aromatic carbocycles. The van der Waals surface area contributed by atoms with Crippen molar-refractivity contribution in [3.63, 3.8) is 0 Å². The zero-order valence-electron chi connectivity index (χ0n) is 14.4. The smallest absolute Gasteiger partial charge is 0.234 e. The number of fused-ring (bicyclic) bond motifs is 1. The Morgan fingerprint density at radius 3 is 2.78 bits per heavy atom. The monoisotopic (exact) mass is 314 g/mol. The summed E-state index contributed by atoms with van der Waals surface area (Å²) in [5.74, 6) is 1.97. The number of likely N-dealkylation sites (tertiary alicyclic amines) is 1. The van der Waals surface area contributed by atoms with E-state index < -0.39 is 0 Å². The summed E-state index contributed by atoms with van der Waals surface area (Å²) in [7, 11) is 0. The number of rotatable bonds is 5. The number of carbonyl (C=O) groups excluding carboxylic acids is 1. The highest BCUT2D eigenvalue weighted by Gasteiger charge is 2.31. The summed E-state index contributed by atoms with van der Waals surface area (Å²) in [5, 5.41) is 3.10. The Kier molecular flexibility index (Phi) is 5.71. The summed E-state index contributed by atoms with van der Waals surface area (Å²) in [6, 6.07) is 8.41. The molecule has 1 heterocycles. The molecule has 3 nitrogen and oxygen atoms in total. The minimum Gasteiger partial charge on any atom is -0.355 e. The van der Waals surface area contributed by atoms with Crippen LogP contribution in [0.2, 0.25) is 0 Å². The molecule has 0 spiro atoms. The van der Waals surface area contributed by atoms with Gasteiger partial charge in [0.1, 0.15) is 0 Å². The predicted octanol–water partition coefficient (Wildman–Crippen LogP) is 3.17. The standard InChI is InChI=1S/C20H30N2O/c1-16-6-2-3-7-17(16)10-12-21-20(23)15-22-13-11-18-8-4-5-9-19(18)14-22/h2-3,6-7,18-19H,4-5,8-15H2,1H3,(H,21,23)/t18-,19+/m0/s1. The molecule has 1 amide bonds. The largest absolute Gasteiger partial charge is 0.355 e. The van der Waals surface area contributed by atoms with Gasteiger partial charge in [0.15, 0.2) is 0 Å². The highest BCUT2D eigenvalue weighted by molar-refractivity contribution is 5.78. The molecule has 1 aromatic rings. The van der Waals surface area contributed by atoms with Gasteiger partial charge in [0.05, 0.1) is 6.54 Å². The lowest BCUT2D eigenvalue weighted by Crippen LogP contribution is -2.46. The molecule has 0 aromatic heterocycles. The second-order valence-electron chi connectivity index (χ2n) is 7.35. The predicted molar refractivity (Wildman–Crippen MR) is 94.4 cm³/mol. The first kappa shape index (κ1) is 16.5. The van der Waals surface area contributed by atoms with Crippen LogP contribution in [0.3, 0.4) is 0 Å². The van der Waals surface area contributed by atoms with Gasteiger partial charge in [-0.15, -0.1) is 0 Å². The molecule has 1 saturated carbocycles. The van der Waals surface area contributed by atoms with Crippen molar-refractivity contribution in [1.82, 2.24) is 10.2 Å². The van der Waals surface area contributed by atoms with Gasteiger partial charge in [-0.1, -0.05) is 43.5 Å². The minimum atomic E-state index is 0.188. The Labute approximate surface area is 140 Å². The molecular formula is C20H30N2O. The van der Waals surface area contributed by atoms with E-state index in [1.54, 1.807) is 0 Å². The lowest BCUT2D eigenvalue weighted by Gasteiger charge is -2.41. The van der Waals surface area contributed by atoms with Crippen LogP contribution in [-0.2, 0) is 11.2 Å². The summed E-state index contributed by atoms with van der Waals surface area (Å²) in [5.41, 5.74) is 2.64. The maximum atomic E-state index is 12.2. The Morgan fingerprint density at radius 1 is 1.17 bits per heavy atom. The van der Waals surface area contributed by atoms with Gasteiger partial charge in [-0.25, -0.2) is 0 Å². The molecule has 0 unspecified atom stereocenters. The molecule has 2 aliphatic rings. The minimum absolute atomic E-state index is 0.188. The van der Waals surface area contributed by atoms with Crippen LogP contribution in [0.5, 0.6) is 0 Å². The lowest BCUT2D eigenvalue weighted by atomic mass is 9.75. The van der Waals surface area contributed by atoms with Gasteiger partial charge in [-0.2, -0.15) is 0 Å². The summed E-state index contributed by atoms with van der Waals surface area (Å²) in [4.78, 5) is 14.6. The van der Waals surface area contributed by atoms with Crippen LogP contribution >= 0.6 is 0 Å². The number of hydrogen-bond acceptors (Lipinski definition) is 2. The van der Waals surface area contributed by atoms with E-state index >= 15 is 0 Å². The molecule has 3 rings (SSSR count). The quantitative estimate of drug-likeness (QED) is 0.905. The van der Waals surface area contributed by atoms with Gasteiger partial charge in [0, 0.05) is 13.1 Å². The van der Waals surface area contributed by atoms with Gasteiger partial charge in [0.2, 0.25) is 5.91 Å². The third kappa shape index (κ3) is 4.57. The second-order valence-corrected chi connectivity index (χ2v) is 7.35. The van der Waals surface area contributed by atoms with E-state index in [1.807, 2.05) is 0 Å². The fourth-order valence-electron chi connectivity index (χ4n) is 4.31. The number of piperidine rings is 1. The van der Waals surface area contributed by atoms with Crippen molar-refractivity contribution in [3.05, 3.63) is 35.4 Å². The molecule has 1 aliphatic heterocycles. The zero-order valence-corrected chi connectivity index (χ0v) is 14.4. The molecule has 2 atom stereocenters. The van der Waals surface area contributed by atoms with Crippen LogP contribution in [0.15, 0.2) is 24.3 Å². The number of benzene rings is 1. The Balaban J connectivity index is 1.39. The third-order valence-corrected chi connectivity index (χ3v) is 5.72. The van der Waals surface area contributed by atoms with Crippen LogP contribution < -0.4 is 5.32 Å². The Morgan fingerprint density at radius 2 is 1.96 bits per heavy atom. The average molecular weight is 314 g/mol. The van der Waals surface area contributed by atoms with Crippen molar-refractivity contribution in [2.75, 3.05) is 26.2 Å². The number of hydrogen-bond donors (Lipinski definition) is 1. The van der Waals surface area contributed by atoms with Crippen molar-refractivity contribution < 1.29 is 4.79 Å². The summed E-state index contributed by atoms with van der Waals surface area (Å²) >= 11 is 0. The van der Waals surface area contributed by atoms with Crippen molar-refractivity contribution in [2.45, 2.75) is 45.4 Å². The molecule has 2 fully saturated rings. The fourth-order valence-corrected chi connectivity index (χ4v) is 4.31. The SMILES string of the molecule is Cc1ccccc1CCNC(=O)CN1CC[C@@H]2CCCC[C@@H]2C1. The van der Waals surface area contributed by atoms with Crippen LogP contribution in [0.25, 0.3) is 0 Å². The van der Waals surface area contributed by atoms with E-state index in [-0.39, 0.29) is 5.91 Å². The van der Waals surface area contributed by atoms with E-state index in [4.69, 9.17) is 0 Å². The van der Waals surface area contributed by atoms with Gasteiger partial charge in [0.25, 0.3) is 0 Å². The van der Waals surface area contributed by atoms with Crippen LogP contribution in [0.4, 0.5) is 0 Å². The molecule has 1 N–H and O–H groups in total. The lowest BCUT2D eigenvalue weighted by molar-refractivity contribution is -0.123. The maximum absolute atomic E-state index is 12.2. The van der Waals surface area contributed by atoms with Crippen molar-refractivity contribution in [1.29, 1.82) is 0 Å². The van der Waals surface area contributed by atoms with Gasteiger partial charge >= 0.3 is 0 Å². The normalized spacial score (nSPS) is 24.9. The molecule has 1 saturated heterocycles. The number of amides is 1. The first-order chi connectivity index (χ1) is 11.2. The molecule has 126 valence electrons. The van der Waals surface area contributed by atoms with E-state index in [2.05, 4.69) is 41.4 Å². The molecular weight excluding hydrogens is 284 g/mol. The summed E-state index contributed by atoms with van der Waals surface area (Å²) in [6.07, 6.45) is 7.81. The van der Waals surface area contributed by atoms with Crippen LogP contribution in [0, 0.1) is 18.8 Å². The number of nitrogens with zero attached hydrogens (tertiary/aromatic N) is 1. The molecule has 3 heteroatoms. The van der Waals surface area contributed by atoms with Crippen molar-refractivity contribution in [2.24, 2.45) is 11.8 Å². The first-order valence-corrected chi connectivity index (χ1v) is 9.26. The van der Waals surface area contributed by atoms with Crippen LogP contribution in [-0.4, -0.2) is 37.0 Å². The first-order valence-electron chi connectivity index (χ1n) is 9.26. The van der Waals surface area contributed by atoms with E-state index in [1.165, 1.54) is 43.2 Å². The summed E-state index contributed by atoms with van der Waals surface area (Å²) in [6.45, 7) is 5.69. The maximum Gasteiger partial charge on any atom is 0.234 e. The van der Waals surface area contributed by atoms with Crippen molar-refractivity contribution in [3.8, 4) is 0 Å². The highest BCUT2D eigenvalue weighted by Crippen LogP contribution is 2.35. The number of nitrogens with one attached hydrogen (secondary N) is 1. The van der Waals surface area contributed by atoms with Gasteiger partial charge in [-0.3, -0.25) is 9.69 Å². The summed E-state index contributed by atoms with van der Waals surface area (Å²) < 4.78 is 0. The Hall–Kier alpha value is -1.35. The fraction of sp³-hybridized carbons (Fsp3) is 0.650. The zero-order chi connectivity index (χ0) is 16.1. The van der Waals surface area contributed by atoms with Gasteiger partial charge < -0.3 is 5.32 Å². The second kappa shape index (κ2) is 7.96. The number of aryl methyl sites for hydroxylation is 1. The highest BCUT2D eigenvalue weighted by atomic mass is 16.2. The van der Waals surface area contributed by atoms with E-state index in [0.29, 0.717) is 6.54 Å². The van der Waals surface area contributed by atoms with Gasteiger partial charge in [-0.05, 0) is 55.7 Å². The third-order valence-electron chi connectivity index (χ3n) is 5.72. The molecule has 0 radical (unpaired) electrons. The van der Waals surface area contributed by atoms with Crippen molar-refractivity contribution >= 4 is 5.91 Å². The van der Waals surface area contributed by atoms with Crippen LogP contribution in [0.1, 0.15) is 43.2 Å². The molecule has 1 aliphatic carbocycles. The van der Waals surface area contributed by atoms with E-state index in [0.717, 1.165) is 37.9 Å². The molecule has 23 heavy (non-hydrogen) atoms. The average Bonchev–Trinajstić information content (AvgIpc) is 2.56. The topological polar surface area (TPSA) is 32.3 Å². The number of carbonyl (C=O) groups is 1. The Bertz CT molecular complexity index is 528. The molecule has 0 bridgehead atoms. The van der Waals surface area contributed by atoms with E-state index in [9.17, 15) is 4.79 Å².